The average Bonchev–Trinajstić information content (AvgIpc) is 2.62. The van der Waals surface area contributed by atoms with E-state index in [9.17, 15) is 13.2 Å². The zero-order chi connectivity index (χ0) is 17.9. The number of hydrogen-bond donors (Lipinski definition) is 2. The van der Waals surface area contributed by atoms with Gasteiger partial charge < -0.3 is 10.6 Å². The molecule has 0 saturated carbocycles. The number of sulfonamides is 1. The smallest absolute Gasteiger partial charge is 0.243 e. The summed E-state index contributed by atoms with van der Waals surface area (Å²) in [6.07, 6.45) is 4.01. The van der Waals surface area contributed by atoms with Crippen molar-refractivity contribution in [2.45, 2.75) is 62.0 Å². The standard InChI is InChI=1S/C18H27N3O3S.ClH/c1-14-13-15(10-11-19-14)20-18(22)17-9-5-6-12-21(17)25(23,24)16-7-3-2-4-8-16;/h2-4,7-8,14-15,17,19H,5-6,9-13H2,1H3,(H,20,22);1H. The minimum Gasteiger partial charge on any atom is -0.352 e. The summed E-state index contributed by atoms with van der Waals surface area (Å²) in [7, 11) is -3.65. The van der Waals surface area contributed by atoms with Crippen molar-refractivity contribution in [3.63, 3.8) is 0 Å². The molecule has 3 rings (SSSR count). The highest BCUT2D eigenvalue weighted by atomic mass is 35.5. The van der Waals surface area contributed by atoms with Crippen molar-refractivity contribution in [2.75, 3.05) is 13.1 Å². The van der Waals surface area contributed by atoms with Gasteiger partial charge in [0.2, 0.25) is 15.9 Å². The minimum atomic E-state index is -3.65. The third-order valence-electron chi connectivity index (χ3n) is 5.08. The zero-order valence-corrected chi connectivity index (χ0v) is 16.7. The molecule has 0 aromatic heterocycles. The molecule has 0 bridgehead atoms. The van der Waals surface area contributed by atoms with Crippen LogP contribution in [0.25, 0.3) is 0 Å². The molecular weight excluding hydrogens is 374 g/mol. The molecule has 2 aliphatic heterocycles. The monoisotopic (exact) mass is 401 g/mol. The van der Waals surface area contributed by atoms with Gasteiger partial charge in [-0.25, -0.2) is 8.42 Å². The second-order valence-electron chi connectivity index (χ2n) is 7.03. The Kier molecular flexibility index (Phi) is 7.46. The fourth-order valence-corrected chi connectivity index (χ4v) is 5.42. The molecule has 146 valence electrons. The van der Waals surface area contributed by atoms with Gasteiger partial charge in [-0.3, -0.25) is 4.79 Å². The van der Waals surface area contributed by atoms with E-state index in [0.717, 1.165) is 32.2 Å². The molecule has 3 unspecified atom stereocenters. The van der Waals surface area contributed by atoms with Crippen LogP contribution in [0.2, 0.25) is 0 Å². The van der Waals surface area contributed by atoms with E-state index in [1.54, 1.807) is 30.3 Å². The lowest BCUT2D eigenvalue weighted by atomic mass is 9.99. The van der Waals surface area contributed by atoms with Gasteiger partial charge in [0.25, 0.3) is 0 Å². The van der Waals surface area contributed by atoms with Crippen molar-refractivity contribution in [2.24, 2.45) is 0 Å². The van der Waals surface area contributed by atoms with E-state index in [0.29, 0.717) is 19.0 Å². The van der Waals surface area contributed by atoms with E-state index in [-0.39, 0.29) is 29.3 Å². The van der Waals surface area contributed by atoms with Gasteiger partial charge in [0.05, 0.1) is 4.90 Å². The Bertz CT molecular complexity index is 699. The molecule has 2 N–H and O–H groups in total. The number of carbonyl (C=O) groups is 1. The number of nitrogens with zero attached hydrogens (tertiary/aromatic N) is 1. The first-order chi connectivity index (χ1) is 12.0. The molecule has 1 aromatic rings. The van der Waals surface area contributed by atoms with Crippen molar-refractivity contribution in [3.8, 4) is 0 Å². The van der Waals surface area contributed by atoms with Gasteiger partial charge in [0, 0.05) is 18.6 Å². The predicted octanol–water partition coefficient (Wildman–Crippen LogP) is 1.91. The van der Waals surface area contributed by atoms with Crippen LogP contribution >= 0.6 is 12.4 Å². The summed E-state index contributed by atoms with van der Waals surface area (Å²) in [5.41, 5.74) is 0. The maximum atomic E-state index is 13.0. The van der Waals surface area contributed by atoms with Crippen molar-refractivity contribution in [1.29, 1.82) is 0 Å². The normalized spacial score (nSPS) is 27.3. The fourth-order valence-electron chi connectivity index (χ4n) is 3.74. The largest absolute Gasteiger partial charge is 0.352 e. The first-order valence-corrected chi connectivity index (χ1v) is 10.5. The van der Waals surface area contributed by atoms with Crippen LogP contribution in [0.4, 0.5) is 0 Å². The molecular formula is C18H28ClN3O3S. The molecule has 0 aliphatic carbocycles. The van der Waals surface area contributed by atoms with Crippen molar-refractivity contribution < 1.29 is 13.2 Å². The highest BCUT2D eigenvalue weighted by Gasteiger charge is 2.38. The Labute approximate surface area is 162 Å². The first kappa shape index (κ1) is 21.2. The van der Waals surface area contributed by atoms with Crippen molar-refractivity contribution >= 4 is 28.3 Å². The molecule has 2 saturated heterocycles. The van der Waals surface area contributed by atoms with Crippen LogP contribution in [-0.4, -0.2) is 49.8 Å². The Morgan fingerprint density at radius 1 is 1.19 bits per heavy atom. The summed E-state index contributed by atoms with van der Waals surface area (Å²) in [6, 6.07) is 8.27. The molecule has 2 aliphatic rings. The highest BCUT2D eigenvalue weighted by molar-refractivity contribution is 7.89. The van der Waals surface area contributed by atoms with Gasteiger partial charge in [-0.15, -0.1) is 12.4 Å². The van der Waals surface area contributed by atoms with Crippen LogP contribution in [0.15, 0.2) is 35.2 Å². The number of carbonyl (C=O) groups excluding carboxylic acids is 1. The van der Waals surface area contributed by atoms with E-state index >= 15 is 0 Å². The van der Waals surface area contributed by atoms with E-state index in [4.69, 9.17) is 0 Å². The summed E-state index contributed by atoms with van der Waals surface area (Å²) in [6.45, 7) is 3.38. The van der Waals surface area contributed by atoms with Crippen LogP contribution in [-0.2, 0) is 14.8 Å². The molecule has 8 heteroatoms. The second-order valence-corrected chi connectivity index (χ2v) is 8.92. The number of hydrogen-bond acceptors (Lipinski definition) is 4. The van der Waals surface area contributed by atoms with Crippen molar-refractivity contribution in [1.82, 2.24) is 14.9 Å². The number of piperidine rings is 2. The van der Waals surface area contributed by atoms with Gasteiger partial charge in [-0.1, -0.05) is 24.6 Å². The Hall–Kier alpha value is -1.15. The average molecular weight is 402 g/mol. The van der Waals surface area contributed by atoms with Crippen LogP contribution < -0.4 is 10.6 Å². The maximum Gasteiger partial charge on any atom is 0.243 e. The quantitative estimate of drug-likeness (QED) is 0.807. The minimum absolute atomic E-state index is 0. The summed E-state index contributed by atoms with van der Waals surface area (Å²) in [5.74, 6) is -0.154. The van der Waals surface area contributed by atoms with Gasteiger partial charge in [-0.2, -0.15) is 4.31 Å². The van der Waals surface area contributed by atoms with Crippen molar-refractivity contribution in [3.05, 3.63) is 30.3 Å². The third kappa shape index (κ3) is 4.76. The fraction of sp³-hybridized carbons (Fsp3) is 0.611. The Morgan fingerprint density at radius 3 is 2.62 bits per heavy atom. The molecule has 3 atom stereocenters. The summed E-state index contributed by atoms with van der Waals surface area (Å²) < 4.78 is 27.4. The molecule has 6 nitrogen and oxygen atoms in total. The molecule has 0 spiro atoms. The number of nitrogens with one attached hydrogen (secondary N) is 2. The lowest BCUT2D eigenvalue weighted by Crippen LogP contribution is -2.55. The van der Waals surface area contributed by atoms with Crippen LogP contribution in [0.3, 0.4) is 0 Å². The molecule has 0 radical (unpaired) electrons. The summed E-state index contributed by atoms with van der Waals surface area (Å²) in [5, 5.41) is 6.45. The lowest BCUT2D eigenvalue weighted by Gasteiger charge is -2.36. The second kappa shape index (κ2) is 9.17. The van der Waals surface area contributed by atoms with Gasteiger partial charge >= 0.3 is 0 Å². The Balaban J connectivity index is 0.00000243. The van der Waals surface area contributed by atoms with E-state index in [1.165, 1.54) is 4.31 Å². The van der Waals surface area contributed by atoms with Crippen LogP contribution in [0.1, 0.15) is 39.0 Å². The van der Waals surface area contributed by atoms with Gasteiger partial charge in [0.1, 0.15) is 6.04 Å². The molecule has 1 aromatic carbocycles. The lowest BCUT2D eigenvalue weighted by molar-refractivity contribution is -0.126. The highest BCUT2D eigenvalue weighted by Crippen LogP contribution is 2.25. The molecule has 1 amide bonds. The van der Waals surface area contributed by atoms with Gasteiger partial charge in [0.15, 0.2) is 0 Å². The third-order valence-corrected chi connectivity index (χ3v) is 7.00. The summed E-state index contributed by atoms with van der Waals surface area (Å²) in [4.78, 5) is 13.1. The number of halogens is 1. The molecule has 2 fully saturated rings. The molecule has 26 heavy (non-hydrogen) atoms. The van der Waals surface area contributed by atoms with Crippen LogP contribution in [0, 0.1) is 0 Å². The van der Waals surface area contributed by atoms with Gasteiger partial charge in [-0.05, 0) is 51.3 Å². The zero-order valence-electron chi connectivity index (χ0n) is 15.1. The maximum absolute atomic E-state index is 13.0. The van der Waals surface area contributed by atoms with Crippen LogP contribution in [0.5, 0.6) is 0 Å². The first-order valence-electron chi connectivity index (χ1n) is 9.09. The Morgan fingerprint density at radius 2 is 1.92 bits per heavy atom. The van der Waals surface area contributed by atoms with E-state index < -0.39 is 16.1 Å². The SMILES string of the molecule is CC1CC(NC(=O)C2CCCCN2S(=O)(=O)c2ccccc2)CCN1.Cl. The van der Waals surface area contributed by atoms with E-state index in [2.05, 4.69) is 17.6 Å². The number of rotatable bonds is 4. The number of amides is 1. The summed E-state index contributed by atoms with van der Waals surface area (Å²) >= 11 is 0. The van der Waals surface area contributed by atoms with E-state index in [1.807, 2.05) is 0 Å². The predicted molar refractivity (Wildman–Crippen MR) is 104 cm³/mol. The topological polar surface area (TPSA) is 78.5 Å². The molecule has 2 heterocycles. The number of benzene rings is 1.